The van der Waals surface area contributed by atoms with Gasteiger partial charge in [0.15, 0.2) is 0 Å². The summed E-state index contributed by atoms with van der Waals surface area (Å²) in [6.45, 7) is 4.27. The van der Waals surface area contributed by atoms with Gasteiger partial charge in [0.25, 0.3) is 0 Å². The van der Waals surface area contributed by atoms with Crippen LogP contribution in [0.1, 0.15) is 22.3 Å². The minimum Gasteiger partial charge on any atom is -0.309 e. The van der Waals surface area contributed by atoms with Crippen molar-refractivity contribution in [2.75, 3.05) is 0 Å². The maximum atomic E-state index is 2.41. The summed E-state index contributed by atoms with van der Waals surface area (Å²) in [5, 5.41) is 9.95. The van der Waals surface area contributed by atoms with Crippen LogP contribution in [0.5, 0.6) is 0 Å². The van der Waals surface area contributed by atoms with E-state index in [1.165, 1.54) is 121 Å². The zero-order valence-corrected chi connectivity index (χ0v) is 34.7. The van der Waals surface area contributed by atoms with Crippen molar-refractivity contribution in [3.8, 4) is 33.6 Å². The molecule has 0 spiro atoms. The van der Waals surface area contributed by atoms with Gasteiger partial charge in [0.05, 0.1) is 22.1 Å². The van der Waals surface area contributed by atoms with Crippen LogP contribution in [-0.4, -0.2) is 9.13 Å². The highest BCUT2D eigenvalue weighted by atomic mass is 15.0. The monoisotopic (exact) mass is 790 g/mol. The molecule has 0 atom stereocenters. The average molecular weight is 791 g/mol. The Labute approximate surface area is 360 Å². The molecule has 0 radical (unpaired) electrons. The van der Waals surface area contributed by atoms with Gasteiger partial charge in [-0.25, -0.2) is 0 Å². The number of aryl methyl sites for hydroxylation is 2. The van der Waals surface area contributed by atoms with E-state index in [1.807, 2.05) is 0 Å². The molecule has 0 unspecified atom stereocenters. The fourth-order valence-electron chi connectivity index (χ4n) is 9.53. The van der Waals surface area contributed by atoms with Gasteiger partial charge < -0.3 is 9.13 Å². The van der Waals surface area contributed by atoms with Gasteiger partial charge in [0, 0.05) is 32.9 Å². The third kappa shape index (κ3) is 6.11. The van der Waals surface area contributed by atoms with Crippen molar-refractivity contribution in [3.05, 3.63) is 229 Å². The van der Waals surface area contributed by atoms with E-state index in [4.69, 9.17) is 0 Å². The topological polar surface area (TPSA) is 9.86 Å². The molecule has 0 aliphatic carbocycles. The zero-order valence-electron chi connectivity index (χ0n) is 34.7. The van der Waals surface area contributed by atoms with E-state index in [9.17, 15) is 0 Å². The van der Waals surface area contributed by atoms with E-state index in [1.54, 1.807) is 0 Å². The molecule has 2 nitrogen and oxygen atoms in total. The van der Waals surface area contributed by atoms with E-state index >= 15 is 0 Å². The first kappa shape index (κ1) is 36.0. The highest BCUT2D eigenvalue weighted by Crippen LogP contribution is 2.38. The standard InChI is InChI=1S/C60H42N2/c1-39-11-19-43(20-12-39)49-27-31-59-55(37-49)53-7-3-5-9-57(53)61(59)51-29-25-45-33-41(17-23-47(45)35-51)15-16-42-18-24-48-36-52(30-26-46(48)34-42)62-58-10-6-4-8-54(58)56-38-50(28-32-60(56)62)44-21-13-40(2)14-22-44/h3-38H,1-2H3/b16-15+. The Kier molecular flexibility index (Phi) is 8.33. The Bertz CT molecular complexity index is 3500. The molecule has 12 aromatic rings. The van der Waals surface area contributed by atoms with Crippen molar-refractivity contribution in [2.45, 2.75) is 13.8 Å². The van der Waals surface area contributed by atoms with E-state index in [0.29, 0.717) is 0 Å². The first-order valence-electron chi connectivity index (χ1n) is 21.5. The molecular formula is C60H42N2. The predicted octanol–water partition coefficient (Wildman–Crippen LogP) is 16.3. The molecule has 2 heteroatoms. The lowest BCUT2D eigenvalue weighted by Gasteiger charge is -2.11. The van der Waals surface area contributed by atoms with Crippen molar-refractivity contribution in [1.29, 1.82) is 0 Å². The number of fused-ring (bicyclic) bond motifs is 8. The summed E-state index contributed by atoms with van der Waals surface area (Å²) in [6.07, 6.45) is 4.45. The van der Waals surface area contributed by atoms with Crippen molar-refractivity contribution in [1.82, 2.24) is 9.13 Å². The lowest BCUT2D eigenvalue weighted by atomic mass is 10.0. The zero-order chi connectivity index (χ0) is 41.3. The second-order valence-electron chi connectivity index (χ2n) is 16.8. The lowest BCUT2D eigenvalue weighted by Crippen LogP contribution is -1.94. The van der Waals surface area contributed by atoms with Crippen molar-refractivity contribution >= 4 is 77.3 Å². The Morgan fingerprint density at radius 3 is 1.11 bits per heavy atom. The number of aromatic nitrogens is 2. The van der Waals surface area contributed by atoms with Gasteiger partial charge >= 0.3 is 0 Å². The number of benzene rings is 10. The molecule has 2 aromatic heterocycles. The molecule has 2 heterocycles. The molecule has 12 rings (SSSR count). The van der Waals surface area contributed by atoms with E-state index in [-0.39, 0.29) is 0 Å². The molecule has 0 saturated heterocycles. The molecular weight excluding hydrogens is 749 g/mol. The SMILES string of the molecule is Cc1ccc(-c2ccc3c(c2)c2ccccc2n3-c2ccc3cc(/C=C/c4ccc5cc(-n6c7ccccc7c7cc(-c8ccc(C)cc8)ccc76)ccc5c4)ccc3c2)cc1. The fraction of sp³-hybridized carbons (Fsp3) is 0.0333. The number of nitrogens with zero attached hydrogens (tertiary/aromatic N) is 2. The summed E-state index contributed by atoms with van der Waals surface area (Å²) in [7, 11) is 0. The van der Waals surface area contributed by atoms with Crippen LogP contribution in [0.4, 0.5) is 0 Å². The Morgan fingerprint density at radius 2 is 0.661 bits per heavy atom. The molecule has 62 heavy (non-hydrogen) atoms. The van der Waals surface area contributed by atoms with E-state index in [0.717, 1.165) is 0 Å². The number of hydrogen-bond donors (Lipinski definition) is 0. The van der Waals surface area contributed by atoms with Gasteiger partial charge in [0.2, 0.25) is 0 Å². The van der Waals surface area contributed by atoms with Gasteiger partial charge in [-0.05, 0) is 142 Å². The second kappa shape index (κ2) is 14.4. The molecule has 0 aliphatic rings. The average Bonchev–Trinajstić information content (AvgIpc) is 3.83. The van der Waals surface area contributed by atoms with Gasteiger partial charge in [-0.3, -0.25) is 0 Å². The third-order valence-electron chi connectivity index (χ3n) is 12.8. The summed E-state index contributed by atoms with van der Waals surface area (Å²) in [6, 6.07) is 76.1. The van der Waals surface area contributed by atoms with Crippen LogP contribution in [0, 0.1) is 13.8 Å². The molecule has 0 saturated carbocycles. The third-order valence-corrected chi connectivity index (χ3v) is 12.8. The molecule has 0 N–H and O–H groups in total. The predicted molar refractivity (Wildman–Crippen MR) is 266 cm³/mol. The fourth-order valence-corrected chi connectivity index (χ4v) is 9.53. The molecule has 10 aromatic carbocycles. The van der Waals surface area contributed by atoms with Crippen molar-refractivity contribution < 1.29 is 0 Å². The highest BCUT2D eigenvalue weighted by molar-refractivity contribution is 6.12. The quantitative estimate of drug-likeness (QED) is 0.149. The Morgan fingerprint density at radius 1 is 0.290 bits per heavy atom. The van der Waals surface area contributed by atoms with E-state index in [2.05, 4.69) is 241 Å². The van der Waals surface area contributed by atoms with Gasteiger partial charge in [-0.1, -0.05) is 157 Å². The smallest absolute Gasteiger partial charge is 0.0541 e. The molecule has 0 amide bonds. The van der Waals surface area contributed by atoms with Crippen LogP contribution in [0.2, 0.25) is 0 Å². The van der Waals surface area contributed by atoms with Gasteiger partial charge in [0.1, 0.15) is 0 Å². The second-order valence-corrected chi connectivity index (χ2v) is 16.8. The van der Waals surface area contributed by atoms with Crippen LogP contribution in [0.3, 0.4) is 0 Å². The normalized spacial score (nSPS) is 12.0. The molecule has 0 bridgehead atoms. The Balaban J connectivity index is 0.835. The van der Waals surface area contributed by atoms with Crippen LogP contribution >= 0.6 is 0 Å². The maximum Gasteiger partial charge on any atom is 0.0541 e. The summed E-state index contributed by atoms with van der Waals surface area (Å²) in [5.41, 5.74) is 17.1. The molecule has 292 valence electrons. The van der Waals surface area contributed by atoms with Gasteiger partial charge in [-0.2, -0.15) is 0 Å². The number of para-hydroxylation sites is 2. The van der Waals surface area contributed by atoms with Crippen LogP contribution in [-0.2, 0) is 0 Å². The minimum atomic E-state index is 1.17. The highest BCUT2D eigenvalue weighted by Gasteiger charge is 2.16. The summed E-state index contributed by atoms with van der Waals surface area (Å²) < 4.78 is 4.81. The summed E-state index contributed by atoms with van der Waals surface area (Å²) in [4.78, 5) is 0. The largest absolute Gasteiger partial charge is 0.309 e. The first-order valence-corrected chi connectivity index (χ1v) is 21.5. The number of rotatable bonds is 6. The number of hydrogen-bond acceptors (Lipinski definition) is 0. The lowest BCUT2D eigenvalue weighted by molar-refractivity contribution is 1.19. The first-order chi connectivity index (χ1) is 30.5. The molecule has 0 aliphatic heterocycles. The van der Waals surface area contributed by atoms with Crippen LogP contribution < -0.4 is 0 Å². The van der Waals surface area contributed by atoms with E-state index < -0.39 is 0 Å². The van der Waals surface area contributed by atoms with Crippen LogP contribution in [0.25, 0.3) is 111 Å². The Hall–Kier alpha value is -7.94. The van der Waals surface area contributed by atoms with Gasteiger partial charge in [-0.15, -0.1) is 0 Å². The maximum absolute atomic E-state index is 2.41. The molecule has 0 fully saturated rings. The van der Waals surface area contributed by atoms with Crippen LogP contribution in [0.15, 0.2) is 206 Å². The summed E-state index contributed by atoms with van der Waals surface area (Å²) in [5.74, 6) is 0. The van der Waals surface area contributed by atoms with Crippen molar-refractivity contribution in [2.24, 2.45) is 0 Å². The minimum absolute atomic E-state index is 1.17. The summed E-state index contributed by atoms with van der Waals surface area (Å²) >= 11 is 0. The van der Waals surface area contributed by atoms with Crippen molar-refractivity contribution in [3.63, 3.8) is 0 Å².